The van der Waals surface area contributed by atoms with Crippen LogP contribution in [0.25, 0.3) is 10.3 Å². The number of carbonyl (C=O) groups is 2. The molecule has 0 saturated carbocycles. The van der Waals surface area contributed by atoms with Gasteiger partial charge in [-0.3, -0.25) is 9.59 Å². The maximum Gasteiger partial charge on any atom is 0.413 e. The highest BCUT2D eigenvalue weighted by Crippen LogP contribution is 2.40. The third kappa shape index (κ3) is 6.58. The van der Waals surface area contributed by atoms with Crippen LogP contribution in [0.4, 0.5) is 33.3 Å². The number of halogens is 5. The first-order valence-corrected chi connectivity index (χ1v) is 13.7. The standard InChI is InChI=1S/C27H30F5N5O3S/c1-14-34-21-20(22(40-4)24(28)29)19(13-33-25(21)41-14)35-18-7-5-16(6-8-18)23(27(30,31)32)36(3)26(39)17-9-11-37(12-10-17)15(2)38/h5-8,13,17,22-24,35H,9-12H2,1-4H3/t22-,23-/m0/s1. The van der Waals surface area contributed by atoms with Crippen molar-refractivity contribution in [2.45, 2.75) is 51.4 Å². The van der Waals surface area contributed by atoms with Crippen LogP contribution in [0.1, 0.15) is 48.0 Å². The van der Waals surface area contributed by atoms with Gasteiger partial charge in [0.05, 0.1) is 16.9 Å². The van der Waals surface area contributed by atoms with Gasteiger partial charge in [-0.05, 0) is 37.5 Å². The number of anilines is 2. The number of hydrogen-bond acceptors (Lipinski definition) is 7. The van der Waals surface area contributed by atoms with E-state index in [-0.39, 0.29) is 41.1 Å². The van der Waals surface area contributed by atoms with Crippen molar-refractivity contribution in [1.29, 1.82) is 0 Å². The lowest BCUT2D eigenvalue weighted by atomic mass is 9.94. The molecule has 4 rings (SSSR count). The molecule has 3 aromatic rings. The molecule has 1 aromatic carbocycles. The second-order valence-electron chi connectivity index (χ2n) is 9.88. The third-order valence-corrected chi connectivity index (χ3v) is 8.06. The third-order valence-electron chi connectivity index (χ3n) is 7.18. The molecule has 0 aliphatic carbocycles. The van der Waals surface area contributed by atoms with Gasteiger partial charge in [0.1, 0.15) is 16.5 Å². The lowest BCUT2D eigenvalue weighted by Gasteiger charge is -2.36. The van der Waals surface area contributed by atoms with Crippen molar-refractivity contribution in [3.63, 3.8) is 0 Å². The predicted octanol–water partition coefficient (Wildman–Crippen LogP) is 6.02. The summed E-state index contributed by atoms with van der Waals surface area (Å²) in [6, 6.07) is 3.03. The molecule has 0 unspecified atom stereocenters. The molecule has 222 valence electrons. The highest BCUT2D eigenvalue weighted by molar-refractivity contribution is 7.18. The van der Waals surface area contributed by atoms with Crippen LogP contribution in [-0.2, 0) is 14.3 Å². The molecule has 1 aliphatic rings. The summed E-state index contributed by atoms with van der Waals surface area (Å²) in [6.07, 6.45) is -7.30. The summed E-state index contributed by atoms with van der Waals surface area (Å²) in [4.78, 5) is 36.0. The van der Waals surface area contributed by atoms with Gasteiger partial charge in [-0.25, -0.2) is 18.7 Å². The van der Waals surface area contributed by atoms with Crippen LogP contribution >= 0.6 is 11.3 Å². The number of benzene rings is 1. The molecule has 1 N–H and O–H groups in total. The number of ether oxygens (including phenoxy) is 1. The Balaban J connectivity index is 1.59. The average Bonchev–Trinajstić information content (AvgIpc) is 3.30. The number of nitrogens with one attached hydrogen (secondary N) is 1. The van der Waals surface area contributed by atoms with Crippen molar-refractivity contribution >= 4 is 44.9 Å². The number of amides is 2. The Bertz CT molecular complexity index is 1390. The molecule has 2 atom stereocenters. The minimum Gasteiger partial charge on any atom is -0.371 e. The minimum atomic E-state index is -4.76. The predicted molar refractivity (Wildman–Crippen MR) is 144 cm³/mol. The van der Waals surface area contributed by atoms with Gasteiger partial charge in [0.25, 0.3) is 6.43 Å². The van der Waals surface area contributed by atoms with Crippen molar-refractivity contribution in [3.8, 4) is 0 Å². The lowest BCUT2D eigenvalue weighted by molar-refractivity contribution is -0.191. The number of methoxy groups -OCH3 is 1. The molecule has 2 amide bonds. The number of hydrogen-bond donors (Lipinski definition) is 1. The second kappa shape index (κ2) is 12.2. The van der Waals surface area contributed by atoms with E-state index in [1.54, 1.807) is 11.8 Å². The van der Waals surface area contributed by atoms with Crippen LogP contribution in [0, 0.1) is 12.8 Å². The lowest BCUT2D eigenvalue weighted by Crippen LogP contribution is -2.46. The first kappa shape index (κ1) is 30.6. The van der Waals surface area contributed by atoms with Crippen molar-refractivity contribution in [1.82, 2.24) is 19.8 Å². The first-order valence-electron chi connectivity index (χ1n) is 12.8. The number of likely N-dealkylation sites (tertiary alicyclic amines) is 1. The second-order valence-corrected chi connectivity index (χ2v) is 11.1. The molecular weight excluding hydrogens is 569 g/mol. The van der Waals surface area contributed by atoms with E-state index in [1.165, 1.54) is 48.7 Å². The van der Waals surface area contributed by atoms with Gasteiger partial charge in [-0.15, -0.1) is 0 Å². The summed E-state index contributed by atoms with van der Waals surface area (Å²) in [5.74, 6) is -1.40. The molecule has 0 spiro atoms. The zero-order valence-electron chi connectivity index (χ0n) is 22.8. The number of fused-ring (bicyclic) bond motifs is 1. The molecule has 41 heavy (non-hydrogen) atoms. The van der Waals surface area contributed by atoms with E-state index in [0.717, 1.165) is 14.2 Å². The number of rotatable bonds is 8. The highest BCUT2D eigenvalue weighted by atomic mass is 32.1. The summed E-state index contributed by atoms with van der Waals surface area (Å²) in [5.41, 5.74) is 0.687. The maximum atomic E-state index is 14.2. The SMILES string of the molecule is CO[C@@H](c1c(Nc2ccc([C@H](N(C)C(=O)C3CCN(C(C)=O)CC3)C(F)(F)F)cc2)cnc2sc(C)nc12)C(F)F. The van der Waals surface area contributed by atoms with Gasteiger partial charge in [0.15, 0.2) is 6.04 Å². The van der Waals surface area contributed by atoms with Gasteiger partial charge in [-0.2, -0.15) is 13.2 Å². The van der Waals surface area contributed by atoms with Crippen LogP contribution in [0.5, 0.6) is 0 Å². The quantitative estimate of drug-likeness (QED) is 0.319. The Morgan fingerprint density at radius 2 is 1.80 bits per heavy atom. The van der Waals surface area contributed by atoms with Gasteiger partial charge in [-0.1, -0.05) is 23.5 Å². The average molecular weight is 600 g/mol. The Morgan fingerprint density at radius 3 is 2.34 bits per heavy atom. The zero-order chi connectivity index (χ0) is 30.1. The van der Waals surface area contributed by atoms with E-state index >= 15 is 0 Å². The topological polar surface area (TPSA) is 87.7 Å². The van der Waals surface area contributed by atoms with Crippen LogP contribution < -0.4 is 5.32 Å². The van der Waals surface area contributed by atoms with E-state index in [9.17, 15) is 31.5 Å². The fourth-order valence-corrected chi connectivity index (χ4v) is 5.90. The van der Waals surface area contributed by atoms with E-state index in [2.05, 4.69) is 15.3 Å². The molecule has 2 aromatic heterocycles. The number of nitrogens with zero attached hydrogens (tertiary/aromatic N) is 4. The normalized spacial score (nSPS) is 16.2. The summed E-state index contributed by atoms with van der Waals surface area (Å²) >= 11 is 1.24. The first-order chi connectivity index (χ1) is 19.3. The number of carbonyl (C=O) groups excluding carboxylic acids is 2. The van der Waals surface area contributed by atoms with Gasteiger partial charge in [0.2, 0.25) is 11.8 Å². The number of pyridine rings is 1. The van der Waals surface area contributed by atoms with Crippen molar-refractivity contribution < 1.29 is 36.3 Å². The number of aromatic nitrogens is 2. The Kier molecular flexibility index (Phi) is 9.12. The van der Waals surface area contributed by atoms with Gasteiger partial charge in [0, 0.05) is 51.3 Å². The Labute approximate surface area is 237 Å². The molecule has 3 heterocycles. The summed E-state index contributed by atoms with van der Waals surface area (Å²) in [6.45, 7) is 3.77. The van der Waals surface area contributed by atoms with Crippen LogP contribution in [0.2, 0.25) is 0 Å². The molecule has 14 heteroatoms. The van der Waals surface area contributed by atoms with E-state index in [0.29, 0.717) is 33.5 Å². The fourth-order valence-electron chi connectivity index (χ4n) is 5.13. The van der Waals surface area contributed by atoms with E-state index < -0.39 is 36.6 Å². The van der Waals surface area contributed by atoms with Crippen LogP contribution in [0.15, 0.2) is 30.5 Å². The number of aryl methyl sites for hydroxylation is 1. The zero-order valence-corrected chi connectivity index (χ0v) is 23.7. The molecule has 8 nitrogen and oxygen atoms in total. The molecule has 1 saturated heterocycles. The van der Waals surface area contributed by atoms with Gasteiger partial charge >= 0.3 is 6.18 Å². The van der Waals surface area contributed by atoms with Crippen molar-refractivity contribution in [2.75, 3.05) is 32.6 Å². The van der Waals surface area contributed by atoms with E-state index in [1.807, 2.05) is 0 Å². The Hall–Kier alpha value is -3.39. The van der Waals surface area contributed by atoms with Crippen LogP contribution in [0.3, 0.4) is 0 Å². The largest absolute Gasteiger partial charge is 0.413 e. The molecule has 1 aliphatic heterocycles. The van der Waals surface area contributed by atoms with Crippen LogP contribution in [-0.4, -0.2) is 71.4 Å². The summed E-state index contributed by atoms with van der Waals surface area (Å²) in [5, 5.41) is 3.59. The van der Waals surface area contributed by atoms with Crippen molar-refractivity contribution in [2.24, 2.45) is 5.92 Å². The molecule has 0 bridgehead atoms. The molecular formula is C27H30F5N5O3S. The number of alkyl halides is 5. The maximum absolute atomic E-state index is 14.2. The van der Waals surface area contributed by atoms with Gasteiger partial charge < -0.3 is 19.9 Å². The summed E-state index contributed by atoms with van der Waals surface area (Å²) < 4.78 is 75.5. The smallest absolute Gasteiger partial charge is 0.371 e. The Morgan fingerprint density at radius 1 is 1.17 bits per heavy atom. The molecule has 1 fully saturated rings. The molecule has 0 radical (unpaired) electrons. The fraction of sp³-hybridized carbons (Fsp3) is 0.481. The highest BCUT2D eigenvalue weighted by Gasteiger charge is 2.46. The summed E-state index contributed by atoms with van der Waals surface area (Å²) in [7, 11) is 2.28. The van der Waals surface area contributed by atoms with Crippen molar-refractivity contribution in [3.05, 3.63) is 46.6 Å². The van der Waals surface area contributed by atoms with E-state index in [4.69, 9.17) is 4.74 Å². The minimum absolute atomic E-state index is 0.0928. The number of piperidine rings is 1. The monoisotopic (exact) mass is 599 g/mol. The number of thiazole rings is 1.